The van der Waals surface area contributed by atoms with E-state index in [1.807, 2.05) is 23.1 Å². The van der Waals surface area contributed by atoms with E-state index in [1.165, 1.54) is 22.9 Å². The van der Waals surface area contributed by atoms with Gasteiger partial charge in [-0.2, -0.15) is 18.4 Å². The summed E-state index contributed by atoms with van der Waals surface area (Å²) in [5, 5.41) is 8.95. The highest BCUT2D eigenvalue weighted by Gasteiger charge is 2.35. The maximum atomic E-state index is 13.9. The Labute approximate surface area is 199 Å². The lowest BCUT2D eigenvalue weighted by atomic mass is 10.1. The van der Waals surface area contributed by atoms with Crippen molar-refractivity contribution in [2.24, 2.45) is 0 Å². The van der Waals surface area contributed by atoms with Crippen molar-refractivity contribution in [3.63, 3.8) is 0 Å². The third-order valence-electron chi connectivity index (χ3n) is 6.00. The smallest absolute Gasteiger partial charge is 0.369 e. The van der Waals surface area contributed by atoms with Gasteiger partial charge in [0.05, 0.1) is 29.0 Å². The second-order valence-electron chi connectivity index (χ2n) is 8.21. The van der Waals surface area contributed by atoms with Crippen LogP contribution in [0.4, 0.5) is 18.9 Å². The molecule has 0 saturated carbocycles. The average molecular weight is 498 g/mol. The number of hydrogen-bond acceptors (Lipinski definition) is 6. The maximum Gasteiger partial charge on any atom is 0.420 e. The Kier molecular flexibility index (Phi) is 5.48. The van der Waals surface area contributed by atoms with Gasteiger partial charge in [-0.3, -0.25) is 4.40 Å². The van der Waals surface area contributed by atoms with Gasteiger partial charge in [-0.05, 0) is 30.3 Å². The number of hydrogen-bond donors (Lipinski definition) is 0. The van der Waals surface area contributed by atoms with E-state index in [4.69, 9.17) is 5.26 Å². The van der Waals surface area contributed by atoms with Crippen molar-refractivity contribution in [3.8, 4) is 28.5 Å². The zero-order chi connectivity index (χ0) is 24.8. The number of anilines is 1. The first-order valence-electron chi connectivity index (χ1n) is 10.7. The molecule has 0 unspecified atom stereocenters. The van der Waals surface area contributed by atoms with Gasteiger partial charge in [0.2, 0.25) is 0 Å². The first-order valence-corrected chi connectivity index (χ1v) is 12.5. The van der Waals surface area contributed by atoms with Gasteiger partial charge >= 0.3 is 6.18 Å². The number of nitrogens with zero attached hydrogens (tertiary/aromatic N) is 5. The van der Waals surface area contributed by atoms with E-state index in [0.29, 0.717) is 29.9 Å². The fourth-order valence-corrected chi connectivity index (χ4v) is 5.31. The number of aromatic nitrogens is 3. The van der Waals surface area contributed by atoms with Crippen LogP contribution in [0, 0.1) is 11.3 Å². The van der Waals surface area contributed by atoms with Crippen LogP contribution in [0.25, 0.3) is 28.0 Å². The molecular weight excluding hydrogens is 479 g/mol. The Bertz CT molecular complexity index is 1540. The van der Waals surface area contributed by atoms with E-state index >= 15 is 0 Å². The van der Waals surface area contributed by atoms with E-state index in [9.17, 15) is 21.6 Å². The van der Waals surface area contributed by atoms with Gasteiger partial charge in [0.15, 0.2) is 9.84 Å². The number of imidazole rings is 1. The lowest BCUT2D eigenvalue weighted by molar-refractivity contribution is -0.136. The van der Waals surface area contributed by atoms with Gasteiger partial charge in [-0.1, -0.05) is 12.1 Å². The molecule has 4 heterocycles. The molecule has 0 spiro atoms. The molecule has 1 saturated heterocycles. The van der Waals surface area contributed by atoms with Gasteiger partial charge < -0.3 is 4.90 Å². The standard InChI is InChI=1S/C24H18F3N5O2S/c25-24(26,27)21-11-18(17-1-4-19(12-28)29-13-17)15-32-22(14-30-23(21)32)16-2-5-20(6-3-16)31-7-9-35(33,34)10-8-31/h1-6,11,13-15H,7-10H2. The number of rotatable bonds is 3. The fourth-order valence-electron chi connectivity index (χ4n) is 4.11. The van der Waals surface area contributed by atoms with E-state index in [1.54, 1.807) is 24.4 Å². The van der Waals surface area contributed by atoms with E-state index in [2.05, 4.69) is 9.97 Å². The van der Waals surface area contributed by atoms with Crippen molar-refractivity contribution < 1.29 is 21.6 Å². The summed E-state index contributed by atoms with van der Waals surface area (Å²) in [4.78, 5) is 10.00. The second kappa shape index (κ2) is 8.39. The third-order valence-corrected chi connectivity index (χ3v) is 7.60. The van der Waals surface area contributed by atoms with Crippen LogP contribution in [0.3, 0.4) is 0 Å². The number of pyridine rings is 2. The summed E-state index contributed by atoms with van der Waals surface area (Å²) < 4.78 is 66.5. The maximum absolute atomic E-state index is 13.9. The lowest BCUT2D eigenvalue weighted by Gasteiger charge is -2.28. The van der Waals surface area contributed by atoms with Gasteiger partial charge in [-0.15, -0.1) is 0 Å². The zero-order valence-corrected chi connectivity index (χ0v) is 19.0. The minimum Gasteiger partial charge on any atom is -0.369 e. The van der Waals surface area contributed by atoms with E-state index < -0.39 is 21.6 Å². The number of halogens is 3. The summed E-state index contributed by atoms with van der Waals surface area (Å²) in [7, 11) is -3.00. The first kappa shape index (κ1) is 22.9. The number of fused-ring (bicyclic) bond motifs is 1. The molecule has 11 heteroatoms. The summed E-state index contributed by atoms with van der Waals surface area (Å²) in [6, 6.07) is 13.1. The summed E-state index contributed by atoms with van der Waals surface area (Å²) in [6.07, 6.45) is -0.296. The van der Waals surface area contributed by atoms with Crippen LogP contribution in [-0.4, -0.2) is 47.4 Å². The number of nitriles is 1. The van der Waals surface area contributed by atoms with Crippen LogP contribution in [0.1, 0.15) is 11.3 Å². The quantitative estimate of drug-likeness (QED) is 0.422. The molecule has 0 atom stereocenters. The zero-order valence-electron chi connectivity index (χ0n) is 18.2. The van der Waals surface area contributed by atoms with Crippen LogP contribution in [0.15, 0.2) is 61.1 Å². The normalized spacial score (nSPS) is 15.8. The van der Waals surface area contributed by atoms with Crippen molar-refractivity contribution in [1.29, 1.82) is 5.26 Å². The van der Waals surface area contributed by atoms with Gasteiger partial charge in [-0.25, -0.2) is 18.4 Å². The Hall–Kier alpha value is -3.91. The molecule has 4 aromatic rings. The molecule has 3 aromatic heterocycles. The summed E-state index contributed by atoms with van der Waals surface area (Å²) in [5.41, 5.74) is 1.77. The molecule has 7 nitrogen and oxygen atoms in total. The molecule has 0 bridgehead atoms. The highest BCUT2D eigenvalue weighted by atomic mass is 32.2. The molecule has 0 aliphatic carbocycles. The average Bonchev–Trinajstić information content (AvgIpc) is 3.27. The van der Waals surface area contributed by atoms with Crippen molar-refractivity contribution in [1.82, 2.24) is 14.4 Å². The van der Waals surface area contributed by atoms with Crippen molar-refractivity contribution in [3.05, 3.63) is 72.3 Å². The SMILES string of the molecule is N#Cc1ccc(-c2cc(C(F)(F)F)c3ncc(-c4ccc(N5CCS(=O)(=O)CC5)cc4)n3c2)cn1. The van der Waals surface area contributed by atoms with Crippen LogP contribution in [0.2, 0.25) is 0 Å². The van der Waals surface area contributed by atoms with Crippen LogP contribution >= 0.6 is 0 Å². The van der Waals surface area contributed by atoms with Gasteiger partial charge in [0, 0.05) is 47.9 Å². The van der Waals surface area contributed by atoms with E-state index in [-0.39, 0.29) is 28.4 Å². The molecule has 1 aliphatic heterocycles. The van der Waals surface area contributed by atoms with E-state index in [0.717, 1.165) is 11.8 Å². The molecule has 1 fully saturated rings. The molecule has 35 heavy (non-hydrogen) atoms. The van der Waals surface area contributed by atoms with Crippen molar-refractivity contribution in [2.75, 3.05) is 29.5 Å². The van der Waals surface area contributed by atoms with Crippen molar-refractivity contribution >= 4 is 21.2 Å². The second-order valence-corrected chi connectivity index (χ2v) is 10.5. The number of sulfone groups is 1. The monoisotopic (exact) mass is 497 g/mol. The van der Waals surface area contributed by atoms with Crippen LogP contribution in [0.5, 0.6) is 0 Å². The predicted molar refractivity (Wildman–Crippen MR) is 124 cm³/mol. The molecule has 0 N–H and O–H groups in total. The van der Waals surface area contributed by atoms with Crippen LogP contribution < -0.4 is 4.90 Å². The van der Waals surface area contributed by atoms with Crippen LogP contribution in [-0.2, 0) is 16.0 Å². The minimum absolute atomic E-state index is 0.0925. The molecule has 0 amide bonds. The Morgan fingerprint density at radius 1 is 0.914 bits per heavy atom. The molecule has 1 aromatic carbocycles. The van der Waals surface area contributed by atoms with Crippen molar-refractivity contribution in [2.45, 2.75) is 6.18 Å². The summed E-state index contributed by atoms with van der Waals surface area (Å²) >= 11 is 0. The topological polar surface area (TPSA) is 91.4 Å². The first-order chi connectivity index (χ1) is 16.6. The summed E-state index contributed by atoms with van der Waals surface area (Å²) in [5.74, 6) is 0.185. The predicted octanol–water partition coefficient (Wildman–Crippen LogP) is 4.19. The Morgan fingerprint density at radius 2 is 1.60 bits per heavy atom. The molecule has 5 rings (SSSR count). The Balaban J connectivity index is 1.56. The Morgan fingerprint density at radius 3 is 2.20 bits per heavy atom. The molecule has 178 valence electrons. The lowest BCUT2D eigenvalue weighted by Crippen LogP contribution is -2.40. The molecule has 0 radical (unpaired) electrons. The molecule has 1 aliphatic rings. The molecular formula is C24H18F3N5O2S. The highest BCUT2D eigenvalue weighted by molar-refractivity contribution is 7.91. The summed E-state index contributed by atoms with van der Waals surface area (Å²) in [6.45, 7) is 0.794. The minimum atomic E-state index is -4.63. The number of benzene rings is 1. The number of alkyl halides is 3. The third kappa shape index (κ3) is 4.44. The fraction of sp³-hybridized carbons (Fsp3) is 0.208. The highest BCUT2D eigenvalue weighted by Crippen LogP contribution is 2.37. The van der Waals surface area contributed by atoms with Gasteiger partial charge in [0.1, 0.15) is 17.4 Å². The largest absolute Gasteiger partial charge is 0.420 e. The van der Waals surface area contributed by atoms with Gasteiger partial charge in [0.25, 0.3) is 0 Å².